The van der Waals surface area contributed by atoms with Crippen molar-refractivity contribution in [2.24, 2.45) is 0 Å². The maximum Gasteiger partial charge on any atom is 0.262 e. The molecule has 0 unspecified atom stereocenters. The largest absolute Gasteiger partial charge is 0.277 e. The number of sulfonamides is 1. The summed E-state index contributed by atoms with van der Waals surface area (Å²) in [4.78, 5) is 3.41. The second-order valence-electron chi connectivity index (χ2n) is 4.54. The van der Waals surface area contributed by atoms with E-state index in [9.17, 15) is 17.2 Å². The van der Waals surface area contributed by atoms with Gasteiger partial charge in [-0.15, -0.1) is 0 Å². The summed E-state index contributed by atoms with van der Waals surface area (Å²) in [6.07, 6.45) is 2.71. The number of halogens is 2. The minimum atomic E-state index is -4.08. The Labute approximate surface area is 130 Å². The molecular weight excluding hydrogens is 326 g/mol. The van der Waals surface area contributed by atoms with Crippen molar-refractivity contribution in [1.82, 2.24) is 14.8 Å². The normalized spacial score (nSPS) is 11.4. The average molecular weight is 336 g/mol. The first-order valence-corrected chi connectivity index (χ1v) is 7.87. The molecule has 3 rings (SSSR count). The van der Waals surface area contributed by atoms with E-state index < -0.39 is 21.7 Å². The van der Waals surface area contributed by atoms with Crippen LogP contribution in [-0.2, 0) is 10.0 Å². The highest BCUT2D eigenvalue weighted by Gasteiger charge is 2.18. The Kier molecular flexibility index (Phi) is 3.78. The lowest BCUT2D eigenvalue weighted by Crippen LogP contribution is -2.15. The number of nitrogens with zero attached hydrogens (tertiary/aromatic N) is 3. The zero-order chi connectivity index (χ0) is 16.4. The Morgan fingerprint density at radius 3 is 2.52 bits per heavy atom. The Morgan fingerprint density at radius 2 is 1.83 bits per heavy atom. The van der Waals surface area contributed by atoms with Gasteiger partial charge in [0.1, 0.15) is 12.7 Å². The molecule has 0 aliphatic carbocycles. The zero-order valence-electron chi connectivity index (χ0n) is 11.5. The molecule has 1 N–H and O–H groups in total. The van der Waals surface area contributed by atoms with Crippen molar-refractivity contribution in [3.05, 3.63) is 66.8 Å². The lowest BCUT2D eigenvalue weighted by Gasteiger charge is -2.12. The molecule has 0 bridgehead atoms. The van der Waals surface area contributed by atoms with Gasteiger partial charge in [-0.1, -0.05) is 12.1 Å². The fraction of sp³-hybridized carbons (Fsp3) is 0. The fourth-order valence-electron chi connectivity index (χ4n) is 1.94. The molecule has 1 aromatic heterocycles. The summed E-state index contributed by atoms with van der Waals surface area (Å²) < 4.78 is 54.6. The monoisotopic (exact) mass is 336 g/mol. The van der Waals surface area contributed by atoms with Gasteiger partial charge >= 0.3 is 0 Å². The number of aromatic nitrogens is 3. The van der Waals surface area contributed by atoms with Crippen LogP contribution < -0.4 is 4.72 Å². The molecule has 0 aliphatic rings. The molecule has 0 atom stereocenters. The summed E-state index contributed by atoms with van der Waals surface area (Å²) in [5.74, 6) is -2.36. The number of hydrogen-bond donors (Lipinski definition) is 1. The molecule has 1 heterocycles. The molecule has 0 amide bonds. The van der Waals surface area contributed by atoms with Crippen molar-refractivity contribution in [3.8, 4) is 5.69 Å². The average Bonchev–Trinajstić information content (AvgIpc) is 3.04. The van der Waals surface area contributed by atoms with Crippen LogP contribution in [0.15, 0.2) is 60.0 Å². The molecule has 0 fully saturated rings. The summed E-state index contributed by atoms with van der Waals surface area (Å²) in [6, 6.07) is 8.85. The smallest absolute Gasteiger partial charge is 0.262 e. The highest BCUT2D eigenvalue weighted by Crippen LogP contribution is 2.23. The quantitative estimate of drug-likeness (QED) is 0.793. The van der Waals surface area contributed by atoms with E-state index in [2.05, 4.69) is 14.8 Å². The first-order valence-electron chi connectivity index (χ1n) is 6.39. The van der Waals surface area contributed by atoms with E-state index in [-0.39, 0.29) is 10.6 Å². The van der Waals surface area contributed by atoms with Crippen LogP contribution >= 0.6 is 0 Å². The van der Waals surface area contributed by atoms with Crippen LogP contribution in [-0.4, -0.2) is 23.2 Å². The van der Waals surface area contributed by atoms with Crippen LogP contribution in [0.1, 0.15) is 0 Å². The predicted octanol–water partition coefficient (Wildman–Crippen LogP) is 2.35. The topological polar surface area (TPSA) is 76.9 Å². The second-order valence-corrected chi connectivity index (χ2v) is 6.22. The van der Waals surface area contributed by atoms with E-state index in [0.717, 1.165) is 12.1 Å². The van der Waals surface area contributed by atoms with Crippen molar-refractivity contribution >= 4 is 15.7 Å². The van der Waals surface area contributed by atoms with Crippen molar-refractivity contribution in [1.29, 1.82) is 0 Å². The maximum atomic E-state index is 13.3. The third-order valence-corrected chi connectivity index (χ3v) is 4.38. The molecule has 6 nitrogen and oxygen atoms in total. The van der Waals surface area contributed by atoms with Gasteiger partial charge in [0.05, 0.1) is 16.3 Å². The van der Waals surface area contributed by atoms with Crippen LogP contribution in [0.3, 0.4) is 0 Å². The summed E-state index contributed by atoms with van der Waals surface area (Å²) in [5, 5.41) is 3.94. The Morgan fingerprint density at radius 1 is 1.04 bits per heavy atom. The first kappa shape index (κ1) is 15.1. The van der Waals surface area contributed by atoms with E-state index in [4.69, 9.17) is 0 Å². The van der Waals surface area contributed by atoms with Crippen LogP contribution in [0.25, 0.3) is 5.69 Å². The maximum absolute atomic E-state index is 13.3. The highest BCUT2D eigenvalue weighted by molar-refractivity contribution is 7.92. The molecule has 0 spiro atoms. The molecule has 0 saturated carbocycles. The predicted molar refractivity (Wildman–Crippen MR) is 78.5 cm³/mol. The van der Waals surface area contributed by atoms with Crippen molar-refractivity contribution in [3.63, 3.8) is 0 Å². The van der Waals surface area contributed by atoms with Crippen LogP contribution in [0, 0.1) is 11.6 Å². The number of nitrogens with one attached hydrogen (secondary N) is 1. The number of anilines is 1. The molecule has 0 aliphatic heterocycles. The van der Waals surface area contributed by atoms with Gasteiger partial charge in [0.15, 0.2) is 11.6 Å². The first-order chi connectivity index (χ1) is 11.0. The SMILES string of the molecule is O=S(=O)(Nc1ccccc1-n1cncn1)c1ccc(F)c(F)c1. The van der Waals surface area contributed by atoms with Gasteiger partial charge in [-0.05, 0) is 30.3 Å². The van der Waals surface area contributed by atoms with Gasteiger partial charge in [0.25, 0.3) is 10.0 Å². The fourth-order valence-corrected chi connectivity index (χ4v) is 3.03. The van der Waals surface area contributed by atoms with Crippen molar-refractivity contribution in [2.45, 2.75) is 4.90 Å². The minimum Gasteiger partial charge on any atom is -0.277 e. The third-order valence-electron chi connectivity index (χ3n) is 3.02. The molecule has 3 aromatic rings. The van der Waals surface area contributed by atoms with Gasteiger partial charge in [-0.2, -0.15) is 5.10 Å². The Balaban J connectivity index is 2.00. The molecular formula is C14H10F2N4O2S. The Bertz CT molecular complexity index is 943. The third kappa shape index (κ3) is 3.04. The van der Waals surface area contributed by atoms with E-state index in [1.54, 1.807) is 18.2 Å². The highest BCUT2D eigenvalue weighted by atomic mass is 32.2. The molecule has 23 heavy (non-hydrogen) atoms. The lowest BCUT2D eigenvalue weighted by atomic mass is 10.3. The van der Waals surface area contributed by atoms with Gasteiger partial charge in [0, 0.05) is 0 Å². The van der Waals surface area contributed by atoms with Crippen LogP contribution in [0.4, 0.5) is 14.5 Å². The van der Waals surface area contributed by atoms with Crippen molar-refractivity contribution < 1.29 is 17.2 Å². The lowest BCUT2D eigenvalue weighted by molar-refractivity contribution is 0.504. The summed E-state index contributed by atoms with van der Waals surface area (Å²) in [5.41, 5.74) is 0.666. The van der Waals surface area contributed by atoms with Gasteiger partial charge < -0.3 is 0 Å². The van der Waals surface area contributed by atoms with Crippen molar-refractivity contribution in [2.75, 3.05) is 4.72 Å². The van der Waals surface area contributed by atoms with E-state index >= 15 is 0 Å². The van der Waals surface area contributed by atoms with Gasteiger partial charge in [-0.3, -0.25) is 4.72 Å². The standard InChI is InChI=1S/C14H10F2N4O2S/c15-11-6-5-10(7-12(11)16)23(21,22)19-13-3-1-2-4-14(13)20-9-17-8-18-20/h1-9,19H. The molecule has 118 valence electrons. The second kappa shape index (κ2) is 5.76. The molecule has 9 heteroatoms. The Hall–Kier alpha value is -2.81. The molecule has 0 radical (unpaired) electrons. The van der Waals surface area contributed by atoms with E-state index in [1.807, 2.05) is 0 Å². The summed E-state index contributed by atoms with van der Waals surface area (Å²) in [6.45, 7) is 0. The number of benzene rings is 2. The van der Waals surface area contributed by atoms with Gasteiger partial charge in [-0.25, -0.2) is 26.9 Å². The van der Waals surface area contributed by atoms with E-state index in [1.165, 1.54) is 23.4 Å². The summed E-state index contributed by atoms with van der Waals surface area (Å²) >= 11 is 0. The van der Waals surface area contributed by atoms with Crippen LogP contribution in [0.5, 0.6) is 0 Å². The number of para-hydroxylation sites is 2. The number of rotatable bonds is 4. The number of hydrogen-bond acceptors (Lipinski definition) is 4. The molecule has 2 aromatic carbocycles. The van der Waals surface area contributed by atoms with Gasteiger partial charge in [0.2, 0.25) is 0 Å². The van der Waals surface area contributed by atoms with E-state index in [0.29, 0.717) is 11.8 Å². The van der Waals surface area contributed by atoms with Crippen LogP contribution in [0.2, 0.25) is 0 Å². The molecule has 0 saturated heterocycles. The zero-order valence-corrected chi connectivity index (χ0v) is 12.3. The summed E-state index contributed by atoms with van der Waals surface area (Å²) in [7, 11) is -4.08. The minimum absolute atomic E-state index is 0.225.